The van der Waals surface area contributed by atoms with Gasteiger partial charge in [0.15, 0.2) is 5.96 Å². The van der Waals surface area contributed by atoms with E-state index in [2.05, 4.69) is 33.7 Å². The van der Waals surface area contributed by atoms with E-state index in [0.29, 0.717) is 12.4 Å². The summed E-state index contributed by atoms with van der Waals surface area (Å²) in [5.41, 5.74) is 0.981. The molecule has 1 aromatic heterocycles. The zero-order valence-corrected chi connectivity index (χ0v) is 13.3. The molecule has 5 nitrogen and oxygen atoms in total. The molecule has 0 spiro atoms. The van der Waals surface area contributed by atoms with Crippen LogP contribution < -0.4 is 10.1 Å². The Bertz CT molecular complexity index is 459. The lowest BCUT2D eigenvalue weighted by molar-refractivity contribution is 0.392. The summed E-state index contributed by atoms with van der Waals surface area (Å²) in [6.45, 7) is 8.15. The number of hydrogen-bond donors (Lipinski definition) is 1. The van der Waals surface area contributed by atoms with Gasteiger partial charge in [-0.15, -0.1) is 6.58 Å². The number of methoxy groups -OCH3 is 1. The van der Waals surface area contributed by atoms with Crippen LogP contribution >= 0.6 is 0 Å². The zero-order chi connectivity index (χ0) is 15.5. The lowest BCUT2D eigenvalue weighted by Crippen LogP contribution is -2.39. The molecule has 0 unspecified atom stereocenters. The van der Waals surface area contributed by atoms with Crippen molar-refractivity contribution in [1.29, 1.82) is 0 Å². The van der Waals surface area contributed by atoms with Crippen molar-refractivity contribution in [2.75, 3.05) is 27.2 Å². The zero-order valence-electron chi connectivity index (χ0n) is 13.3. The summed E-state index contributed by atoms with van der Waals surface area (Å²) < 4.78 is 5.25. The number of nitrogens with zero attached hydrogens (tertiary/aromatic N) is 3. The van der Waals surface area contributed by atoms with Crippen LogP contribution in [0.1, 0.15) is 25.3 Å². The number of ether oxygens (including phenoxy) is 1. The maximum absolute atomic E-state index is 5.25. The van der Waals surface area contributed by atoms with Crippen LogP contribution in [0, 0.1) is 0 Å². The third-order valence-electron chi connectivity index (χ3n) is 3.04. The minimum absolute atomic E-state index is 0.547. The fourth-order valence-corrected chi connectivity index (χ4v) is 1.94. The smallest absolute Gasteiger partial charge is 0.218 e. The average molecular weight is 290 g/mol. The summed E-state index contributed by atoms with van der Waals surface area (Å²) >= 11 is 0. The highest BCUT2D eigenvalue weighted by atomic mass is 16.5. The van der Waals surface area contributed by atoms with Crippen molar-refractivity contribution in [3.63, 3.8) is 0 Å². The van der Waals surface area contributed by atoms with Gasteiger partial charge in [0.25, 0.3) is 0 Å². The second-order valence-corrected chi connectivity index (χ2v) is 4.69. The summed E-state index contributed by atoms with van der Waals surface area (Å²) in [6, 6.07) is 3.88. The molecule has 5 heteroatoms. The fourth-order valence-electron chi connectivity index (χ4n) is 1.94. The van der Waals surface area contributed by atoms with Crippen LogP contribution in [0.4, 0.5) is 0 Å². The molecule has 0 aromatic carbocycles. The first-order valence-corrected chi connectivity index (χ1v) is 7.31. The van der Waals surface area contributed by atoms with E-state index in [9.17, 15) is 0 Å². The van der Waals surface area contributed by atoms with Crippen molar-refractivity contribution < 1.29 is 4.74 Å². The number of rotatable bonds is 8. The summed E-state index contributed by atoms with van der Waals surface area (Å²) in [7, 11) is 3.67. The van der Waals surface area contributed by atoms with Crippen LogP contribution in [-0.2, 0) is 6.54 Å². The highest BCUT2D eigenvalue weighted by Crippen LogP contribution is 2.14. The SMILES string of the molecule is C=CCCCN(C)C(=NCc1cccnc1OC)NCC. The van der Waals surface area contributed by atoms with Gasteiger partial charge < -0.3 is 15.0 Å². The van der Waals surface area contributed by atoms with E-state index in [1.807, 2.05) is 25.3 Å². The Morgan fingerprint density at radius 2 is 2.38 bits per heavy atom. The molecule has 116 valence electrons. The highest BCUT2D eigenvalue weighted by Gasteiger charge is 2.07. The third kappa shape index (κ3) is 5.85. The minimum Gasteiger partial charge on any atom is -0.481 e. The van der Waals surface area contributed by atoms with E-state index < -0.39 is 0 Å². The monoisotopic (exact) mass is 290 g/mol. The molecule has 0 atom stereocenters. The number of pyridine rings is 1. The van der Waals surface area contributed by atoms with E-state index in [4.69, 9.17) is 4.74 Å². The molecule has 21 heavy (non-hydrogen) atoms. The summed E-state index contributed by atoms with van der Waals surface area (Å²) in [5.74, 6) is 1.53. The van der Waals surface area contributed by atoms with E-state index in [1.165, 1.54) is 0 Å². The van der Waals surface area contributed by atoms with Gasteiger partial charge in [-0.3, -0.25) is 0 Å². The summed E-state index contributed by atoms with van der Waals surface area (Å²) in [5, 5.41) is 3.31. The van der Waals surface area contributed by atoms with Crippen LogP contribution in [0.5, 0.6) is 5.88 Å². The van der Waals surface area contributed by atoms with Crippen molar-refractivity contribution in [3.05, 3.63) is 36.5 Å². The van der Waals surface area contributed by atoms with Crippen LogP contribution in [0.25, 0.3) is 0 Å². The molecule has 0 radical (unpaired) electrons. The first-order chi connectivity index (χ1) is 10.2. The van der Waals surface area contributed by atoms with Crippen LogP contribution in [0.3, 0.4) is 0 Å². The van der Waals surface area contributed by atoms with Crippen LogP contribution in [0.15, 0.2) is 36.0 Å². The molecule has 0 saturated carbocycles. The molecule has 0 aliphatic carbocycles. The Morgan fingerprint density at radius 1 is 1.57 bits per heavy atom. The minimum atomic E-state index is 0.547. The van der Waals surface area contributed by atoms with E-state index in [-0.39, 0.29) is 0 Å². The molecule has 0 saturated heterocycles. The number of allylic oxidation sites excluding steroid dienone is 1. The predicted octanol–water partition coefficient (Wildman–Crippen LogP) is 2.45. The molecule has 1 heterocycles. The topological polar surface area (TPSA) is 49.8 Å². The molecular formula is C16H26N4O. The van der Waals surface area contributed by atoms with Gasteiger partial charge >= 0.3 is 0 Å². The first kappa shape index (κ1) is 17.0. The van der Waals surface area contributed by atoms with Crippen molar-refractivity contribution in [2.45, 2.75) is 26.3 Å². The fraction of sp³-hybridized carbons (Fsp3) is 0.500. The van der Waals surface area contributed by atoms with Crippen molar-refractivity contribution in [2.24, 2.45) is 4.99 Å². The Kier molecular flexibility index (Phi) is 7.94. The molecule has 1 aromatic rings. The maximum atomic E-state index is 5.25. The second kappa shape index (κ2) is 9.80. The van der Waals surface area contributed by atoms with Crippen molar-refractivity contribution in [1.82, 2.24) is 15.2 Å². The van der Waals surface area contributed by atoms with E-state index >= 15 is 0 Å². The van der Waals surface area contributed by atoms with Gasteiger partial charge in [-0.1, -0.05) is 12.1 Å². The molecule has 0 amide bonds. The normalized spacial score (nSPS) is 11.1. The van der Waals surface area contributed by atoms with Gasteiger partial charge in [-0.2, -0.15) is 0 Å². The van der Waals surface area contributed by atoms with Gasteiger partial charge in [-0.05, 0) is 25.8 Å². The number of aliphatic imine (C=N–C) groups is 1. The molecule has 0 aliphatic heterocycles. The van der Waals surface area contributed by atoms with Crippen molar-refractivity contribution in [3.8, 4) is 5.88 Å². The Labute approximate surface area is 127 Å². The highest BCUT2D eigenvalue weighted by molar-refractivity contribution is 5.79. The number of guanidine groups is 1. The number of unbranched alkanes of at least 4 members (excludes halogenated alkanes) is 1. The molecule has 1 N–H and O–H groups in total. The average Bonchev–Trinajstić information content (AvgIpc) is 2.51. The maximum Gasteiger partial charge on any atom is 0.218 e. The predicted molar refractivity (Wildman–Crippen MR) is 87.7 cm³/mol. The summed E-state index contributed by atoms with van der Waals surface area (Å²) in [4.78, 5) is 11.0. The Morgan fingerprint density at radius 3 is 3.05 bits per heavy atom. The molecule has 0 aliphatic rings. The second-order valence-electron chi connectivity index (χ2n) is 4.69. The molecule has 1 rings (SSSR count). The van der Waals surface area contributed by atoms with Crippen molar-refractivity contribution >= 4 is 5.96 Å². The number of aromatic nitrogens is 1. The largest absolute Gasteiger partial charge is 0.481 e. The van der Waals surface area contributed by atoms with Gasteiger partial charge in [0, 0.05) is 31.9 Å². The van der Waals surface area contributed by atoms with Gasteiger partial charge in [0.2, 0.25) is 5.88 Å². The third-order valence-corrected chi connectivity index (χ3v) is 3.04. The molecular weight excluding hydrogens is 264 g/mol. The standard InChI is InChI=1S/C16H26N4O/c1-5-7-8-12-20(3)16(17-6-2)19-13-14-10-9-11-18-15(14)21-4/h5,9-11H,1,6-8,12-13H2,2-4H3,(H,17,19). The van der Waals surface area contributed by atoms with Crippen LogP contribution in [-0.4, -0.2) is 43.1 Å². The lowest BCUT2D eigenvalue weighted by Gasteiger charge is -2.21. The Balaban J connectivity index is 2.72. The Hall–Kier alpha value is -2.04. The van der Waals surface area contributed by atoms with Gasteiger partial charge in [-0.25, -0.2) is 9.98 Å². The van der Waals surface area contributed by atoms with Gasteiger partial charge in [0.1, 0.15) is 0 Å². The van der Waals surface area contributed by atoms with E-state index in [1.54, 1.807) is 13.3 Å². The lowest BCUT2D eigenvalue weighted by atomic mass is 10.3. The molecule has 0 fully saturated rings. The first-order valence-electron chi connectivity index (χ1n) is 7.31. The quantitative estimate of drug-likeness (QED) is 0.346. The van der Waals surface area contributed by atoms with Gasteiger partial charge in [0.05, 0.1) is 13.7 Å². The van der Waals surface area contributed by atoms with Crippen LogP contribution in [0.2, 0.25) is 0 Å². The summed E-state index contributed by atoms with van der Waals surface area (Å²) in [6.07, 6.45) is 5.75. The van der Waals surface area contributed by atoms with E-state index in [0.717, 1.165) is 37.5 Å². The number of hydrogen-bond acceptors (Lipinski definition) is 3. The number of nitrogens with one attached hydrogen (secondary N) is 1. The molecule has 0 bridgehead atoms.